The Bertz CT molecular complexity index is 562. The Morgan fingerprint density at radius 1 is 1.04 bits per heavy atom. The zero-order valence-electron chi connectivity index (χ0n) is 14.0. The van der Waals surface area contributed by atoms with Crippen molar-refractivity contribution in [1.29, 1.82) is 0 Å². The third-order valence-electron chi connectivity index (χ3n) is 4.21. The fourth-order valence-corrected chi connectivity index (χ4v) is 2.95. The first-order valence-corrected chi connectivity index (χ1v) is 7.92. The maximum absolute atomic E-state index is 11.8. The predicted octanol–water partition coefficient (Wildman–Crippen LogP) is 3.68. The molecule has 0 spiro atoms. The van der Waals surface area contributed by atoms with Crippen LogP contribution in [0, 0.1) is 11.8 Å². The lowest BCUT2D eigenvalue weighted by molar-refractivity contribution is -0.453. The van der Waals surface area contributed by atoms with Crippen molar-refractivity contribution in [1.82, 2.24) is 0 Å². The number of hydrogen-bond acceptors (Lipinski definition) is 7. The summed E-state index contributed by atoms with van der Waals surface area (Å²) in [5, 5.41) is 4.24. The molecule has 1 aliphatic carbocycles. The van der Waals surface area contributed by atoms with Crippen molar-refractivity contribution < 1.29 is 33.9 Å². The highest BCUT2D eigenvalue weighted by Crippen LogP contribution is 2.31. The third-order valence-corrected chi connectivity index (χ3v) is 4.21. The normalized spacial score (nSPS) is 23.2. The molecule has 7 heteroatoms. The Kier molecular flexibility index (Phi) is 6.43. The molecule has 0 N–H and O–H groups in total. The van der Waals surface area contributed by atoms with Crippen molar-refractivity contribution in [2.75, 3.05) is 7.11 Å². The first-order valence-electron chi connectivity index (χ1n) is 7.92. The first-order chi connectivity index (χ1) is 11.5. The summed E-state index contributed by atoms with van der Waals surface area (Å²) >= 11 is 0. The topological polar surface area (TPSA) is 80.3 Å². The van der Waals surface area contributed by atoms with E-state index in [1.165, 1.54) is 13.2 Å². The average Bonchev–Trinajstić information content (AvgIpc) is 2.58. The van der Waals surface area contributed by atoms with Gasteiger partial charge in [-0.1, -0.05) is 32.4 Å². The zero-order chi connectivity index (χ0) is 17.5. The number of carbonyl (C=O) groups excluding carboxylic acids is 2. The van der Waals surface area contributed by atoms with Gasteiger partial charge in [0.15, 0.2) is 0 Å². The fraction of sp³-hybridized carbons (Fsp3) is 0.529. The lowest BCUT2D eigenvalue weighted by atomic mass is 9.81. The van der Waals surface area contributed by atoms with E-state index in [-0.39, 0.29) is 23.5 Å². The minimum atomic E-state index is -1.03. The highest BCUT2D eigenvalue weighted by atomic mass is 17.5. The van der Waals surface area contributed by atoms with Crippen LogP contribution in [0.2, 0.25) is 0 Å². The van der Waals surface area contributed by atoms with Gasteiger partial charge in [0.1, 0.15) is 17.4 Å². The van der Waals surface area contributed by atoms with Crippen LogP contribution in [-0.2, 0) is 19.6 Å². The highest BCUT2D eigenvalue weighted by molar-refractivity contribution is 5.92. The summed E-state index contributed by atoms with van der Waals surface area (Å²) in [4.78, 5) is 32.3. The van der Waals surface area contributed by atoms with Gasteiger partial charge in [0.2, 0.25) is 0 Å². The number of ether oxygens (including phenoxy) is 2. The molecule has 0 heterocycles. The van der Waals surface area contributed by atoms with Crippen LogP contribution in [0.4, 0.5) is 4.79 Å². The lowest BCUT2D eigenvalue weighted by Gasteiger charge is -2.32. The zero-order valence-corrected chi connectivity index (χ0v) is 14.0. The van der Waals surface area contributed by atoms with E-state index in [9.17, 15) is 9.59 Å². The van der Waals surface area contributed by atoms with E-state index < -0.39 is 12.1 Å². The summed E-state index contributed by atoms with van der Waals surface area (Å²) in [7, 11) is 1.42. The highest BCUT2D eigenvalue weighted by Gasteiger charge is 2.32. The van der Waals surface area contributed by atoms with Crippen molar-refractivity contribution in [3.63, 3.8) is 0 Å². The van der Waals surface area contributed by atoms with Crippen LogP contribution in [0.5, 0.6) is 5.75 Å². The van der Waals surface area contributed by atoms with Crippen LogP contribution in [0.25, 0.3) is 0 Å². The molecule has 132 valence electrons. The van der Waals surface area contributed by atoms with Crippen LogP contribution >= 0.6 is 0 Å². The van der Waals surface area contributed by atoms with Gasteiger partial charge in [-0.3, -0.25) is 4.89 Å². The summed E-state index contributed by atoms with van der Waals surface area (Å²) in [6.07, 6.45) is 1.83. The summed E-state index contributed by atoms with van der Waals surface area (Å²) in [6.45, 7) is 4.05. The Labute approximate surface area is 140 Å². The quantitative estimate of drug-likeness (QED) is 0.460. The van der Waals surface area contributed by atoms with E-state index in [1.54, 1.807) is 18.2 Å². The van der Waals surface area contributed by atoms with Crippen molar-refractivity contribution in [3.05, 3.63) is 29.8 Å². The van der Waals surface area contributed by atoms with Gasteiger partial charge in [0.25, 0.3) is 0 Å². The lowest BCUT2D eigenvalue weighted by Crippen LogP contribution is -2.35. The van der Waals surface area contributed by atoms with Gasteiger partial charge in [-0.05, 0) is 36.8 Å². The number of para-hydroxylation sites is 1. The largest absolute Gasteiger partial charge is 0.543 e. The van der Waals surface area contributed by atoms with E-state index in [4.69, 9.17) is 9.47 Å². The molecule has 0 aromatic heterocycles. The Balaban J connectivity index is 1.79. The molecule has 7 nitrogen and oxygen atoms in total. The van der Waals surface area contributed by atoms with Crippen molar-refractivity contribution in [3.8, 4) is 5.75 Å². The molecule has 0 aliphatic heterocycles. The molecular weight excluding hydrogens is 316 g/mol. The molecular formula is C17H22O7. The van der Waals surface area contributed by atoms with Gasteiger partial charge < -0.3 is 9.47 Å². The molecule has 1 aromatic carbocycles. The van der Waals surface area contributed by atoms with E-state index in [0.29, 0.717) is 5.75 Å². The number of rotatable bonds is 5. The first kappa shape index (κ1) is 18.1. The number of methoxy groups -OCH3 is 1. The van der Waals surface area contributed by atoms with Crippen molar-refractivity contribution in [2.45, 2.75) is 39.2 Å². The molecule has 1 fully saturated rings. The monoisotopic (exact) mass is 338 g/mol. The summed E-state index contributed by atoms with van der Waals surface area (Å²) in [5.74, 6) is -0.0342. The molecule has 0 saturated heterocycles. The summed E-state index contributed by atoms with van der Waals surface area (Å²) < 4.78 is 10.3. The van der Waals surface area contributed by atoms with E-state index in [0.717, 1.165) is 19.3 Å². The fourth-order valence-electron chi connectivity index (χ4n) is 2.95. The SMILES string of the molecule is COc1ccccc1C(=O)OOOC(=O)OC1C(C)CCCC1C. The molecule has 2 rings (SSSR count). The van der Waals surface area contributed by atoms with Crippen LogP contribution in [0.15, 0.2) is 24.3 Å². The predicted molar refractivity (Wildman–Crippen MR) is 83.0 cm³/mol. The van der Waals surface area contributed by atoms with Gasteiger partial charge in [-0.25, -0.2) is 14.5 Å². The van der Waals surface area contributed by atoms with Crippen LogP contribution in [-0.4, -0.2) is 25.3 Å². The average molecular weight is 338 g/mol. The molecule has 0 amide bonds. The van der Waals surface area contributed by atoms with Crippen LogP contribution in [0.3, 0.4) is 0 Å². The third kappa shape index (κ3) is 4.61. The second-order valence-electron chi connectivity index (χ2n) is 5.94. The van der Waals surface area contributed by atoms with Gasteiger partial charge in [0.05, 0.1) is 12.1 Å². The molecule has 1 aliphatic rings. The maximum atomic E-state index is 11.8. The van der Waals surface area contributed by atoms with Gasteiger partial charge in [0, 0.05) is 0 Å². The maximum Gasteiger partial charge on any atom is 0.543 e. The van der Waals surface area contributed by atoms with Crippen molar-refractivity contribution in [2.24, 2.45) is 11.8 Å². The van der Waals surface area contributed by atoms with E-state index in [2.05, 4.69) is 14.8 Å². The van der Waals surface area contributed by atoms with E-state index >= 15 is 0 Å². The minimum Gasteiger partial charge on any atom is -0.496 e. The minimum absolute atomic E-state index is 0.145. The molecule has 1 saturated carbocycles. The molecule has 1 aromatic rings. The molecule has 0 radical (unpaired) electrons. The van der Waals surface area contributed by atoms with Crippen LogP contribution in [0.1, 0.15) is 43.5 Å². The smallest absolute Gasteiger partial charge is 0.496 e. The van der Waals surface area contributed by atoms with Gasteiger partial charge in [-0.15, -0.1) is 0 Å². The molecule has 2 atom stereocenters. The van der Waals surface area contributed by atoms with Crippen molar-refractivity contribution >= 4 is 12.1 Å². The Morgan fingerprint density at radius 3 is 2.38 bits per heavy atom. The second kappa shape index (κ2) is 8.54. The number of carbonyl (C=O) groups is 2. The molecule has 24 heavy (non-hydrogen) atoms. The second-order valence-corrected chi connectivity index (χ2v) is 5.94. The van der Waals surface area contributed by atoms with Crippen LogP contribution < -0.4 is 4.74 Å². The van der Waals surface area contributed by atoms with Gasteiger partial charge >= 0.3 is 12.1 Å². The number of hydrogen-bond donors (Lipinski definition) is 0. The number of benzene rings is 1. The standard InChI is InChI=1S/C17H22O7/c1-11-7-6-8-12(2)15(11)21-17(19)23-24-22-16(18)13-9-4-5-10-14(13)20-3/h4-5,9-12,15H,6-8H2,1-3H3. The molecule has 2 unspecified atom stereocenters. The Hall–Kier alpha value is -2.28. The van der Waals surface area contributed by atoms with Gasteiger partial charge in [-0.2, -0.15) is 0 Å². The Morgan fingerprint density at radius 2 is 1.71 bits per heavy atom. The molecule has 0 bridgehead atoms. The van der Waals surface area contributed by atoms with E-state index in [1.807, 2.05) is 13.8 Å². The summed E-state index contributed by atoms with van der Waals surface area (Å²) in [5.41, 5.74) is 0.145. The summed E-state index contributed by atoms with van der Waals surface area (Å²) in [6, 6.07) is 6.43.